The van der Waals surface area contributed by atoms with Crippen molar-refractivity contribution in [3.05, 3.63) is 39.4 Å². The van der Waals surface area contributed by atoms with Crippen molar-refractivity contribution in [2.45, 2.75) is 19.8 Å². The van der Waals surface area contributed by atoms with E-state index in [1.807, 2.05) is 13.8 Å². The van der Waals surface area contributed by atoms with Gasteiger partial charge in [0.25, 0.3) is 5.56 Å². The number of nitrogens with zero attached hydrogens (tertiary/aromatic N) is 3. The summed E-state index contributed by atoms with van der Waals surface area (Å²) >= 11 is 5.69. The topological polar surface area (TPSA) is 47.3 Å². The number of hydrogen-bond donors (Lipinski definition) is 0. The molecule has 2 aromatic heterocycles. The Morgan fingerprint density at radius 3 is 2.80 bits per heavy atom. The zero-order valence-corrected chi connectivity index (χ0v) is 9.19. The molecule has 4 nitrogen and oxygen atoms in total. The predicted molar refractivity (Wildman–Crippen MR) is 58.4 cm³/mol. The third-order valence-corrected chi connectivity index (χ3v) is 2.30. The van der Waals surface area contributed by atoms with Gasteiger partial charge in [0.1, 0.15) is 5.15 Å². The van der Waals surface area contributed by atoms with Gasteiger partial charge in [0, 0.05) is 6.07 Å². The van der Waals surface area contributed by atoms with Gasteiger partial charge in [-0.25, -0.2) is 4.98 Å². The quantitative estimate of drug-likeness (QED) is 0.742. The van der Waals surface area contributed by atoms with E-state index in [0.717, 1.165) is 5.69 Å². The van der Waals surface area contributed by atoms with Gasteiger partial charge in [-0.2, -0.15) is 9.61 Å². The summed E-state index contributed by atoms with van der Waals surface area (Å²) in [6.07, 6.45) is 0. The van der Waals surface area contributed by atoms with E-state index in [-0.39, 0.29) is 16.6 Å². The summed E-state index contributed by atoms with van der Waals surface area (Å²) in [6, 6.07) is 4.79. The molecule has 2 rings (SSSR count). The molecule has 0 saturated heterocycles. The summed E-state index contributed by atoms with van der Waals surface area (Å²) in [6.45, 7) is 3.98. The number of rotatable bonds is 1. The van der Waals surface area contributed by atoms with E-state index in [1.165, 1.54) is 10.6 Å². The first-order chi connectivity index (χ1) is 7.08. The van der Waals surface area contributed by atoms with Crippen molar-refractivity contribution < 1.29 is 0 Å². The summed E-state index contributed by atoms with van der Waals surface area (Å²) in [4.78, 5) is 16.0. The lowest BCUT2D eigenvalue weighted by Crippen LogP contribution is -2.18. The monoisotopic (exact) mass is 223 g/mol. The molecule has 0 aliphatic heterocycles. The van der Waals surface area contributed by atoms with Crippen molar-refractivity contribution in [2.24, 2.45) is 0 Å². The van der Waals surface area contributed by atoms with E-state index in [2.05, 4.69) is 10.1 Å². The average Bonchev–Trinajstić information content (AvgIpc) is 2.18. The van der Waals surface area contributed by atoms with Crippen molar-refractivity contribution in [3.8, 4) is 0 Å². The van der Waals surface area contributed by atoms with Crippen LogP contribution in [-0.2, 0) is 0 Å². The molecular weight excluding hydrogens is 214 g/mol. The Labute approximate surface area is 91.5 Å². The van der Waals surface area contributed by atoms with E-state index in [9.17, 15) is 4.79 Å². The van der Waals surface area contributed by atoms with Gasteiger partial charge in [-0.15, -0.1) is 0 Å². The number of aromatic nitrogens is 3. The van der Waals surface area contributed by atoms with Gasteiger partial charge in [0.15, 0.2) is 5.65 Å². The Hall–Kier alpha value is -1.42. The highest BCUT2D eigenvalue weighted by Gasteiger charge is 2.06. The van der Waals surface area contributed by atoms with Crippen LogP contribution < -0.4 is 5.56 Å². The lowest BCUT2D eigenvalue weighted by atomic mass is 10.1. The molecule has 0 radical (unpaired) electrons. The highest BCUT2D eigenvalue weighted by Crippen LogP contribution is 2.10. The molecule has 0 aromatic carbocycles. The van der Waals surface area contributed by atoms with E-state index >= 15 is 0 Å². The molecule has 5 heteroatoms. The molecule has 0 fully saturated rings. The van der Waals surface area contributed by atoms with Gasteiger partial charge in [-0.05, 0) is 18.1 Å². The average molecular weight is 224 g/mol. The van der Waals surface area contributed by atoms with Gasteiger partial charge < -0.3 is 0 Å². The van der Waals surface area contributed by atoms with Crippen LogP contribution in [0.25, 0.3) is 5.65 Å². The maximum Gasteiger partial charge on any atom is 0.274 e. The van der Waals surface area contributed by atoms with E-state index < -0.39 is 0 Å². The third-order valence-electron chi connectivity index (χ3n) is 2.10. The van der Waals surface area contributed by atoms with Crippen molar-refractivity contribution in [1.82, 2.24) is 14.6 Å². The Kier molecular flexibility index (Phi) is 2.44. The molecule has 2 aromatic rings. The molecule has 0 atom stereocenters. The highest BCUT2D eigenvalue weighted by molar-refractivity contribution is 6.29. The second-order valence-electron chi connectivity index (χ2n) is 3.60. The second kappa shape index (κ2) is 3.62. The fraction of sp³-hybridized carbons (Fsp3) is 0.300. The molecule has 0 unspecified atom stereocenters. The molecule has 15 heavy (non-hydrogen) atoms. The van der Waals surface area contributed by atoms with Gasteiger partial charge >= 0.3 is 0 Å². The molecule has 0 aliphatic rings. The van der Waals surface area contributed by atoms with Crippen molar-refractivity contribution in [1.29, 1.82) is 0 Å². The molecule has 0 bridgehead atoms. The first-order valence-electron chi connectivity index (χ1n) is 4.64. The minimum atomic E-state index is -0.203. The Morgan fingerprint density at radius 1 is 1.40 bits per heavy atom. The normalized spacial score (nSPS) is 11.2. The summed E-state index contributed by atoms with van der Waals surface area (Å²) < 4.78 is 1.20. The van der Waals surface area contributed by atoms with Crippen LogP contribution in [0.15, 0.2) is 23.0 Å². The van der Waals surface area contributed by atoms with Gasteiger partial charge in [-0.3, -0.25) is 4.79 Å². The summed E-state index contributed by atoms with van der Waals surface area (Å²) in [7, 11) is 0. The summed E-state index contributed by atoms with van der Waals surface area (Å²) in [5.41, 5.74) is 1.09. The first-order valence-corrected chi connectivity index (χ1v) is 5.02. The van der Waals surface area contributed by atoms with Crippen molar-refractivity contribution >= 4 is 17.2 Å². The highest BCUT2D eigenvalue weighted by atomic mass is 35.5. The van der Waals surface area contributed by atoms with Crippen LogP contribution in [0.2, 0.25) is 5.15 Å². The zero-order chi connectivity index (χ0) is 11.0. The molecule has 0 N–H and O–H groups in total. The minimum absolute atomic E-state index is 0.203. The third kappa shape index (κ3) is 1.85. The van der Waals surface area contributed by atoms with Crippen LogP contribution in [0.3, 0.4) is 0 Å². The molecule has 0 aliphatic carbocycles. The van der Waals surface area contributed by atoms with E-state index in [4.69, 9.17) is 11.6 Å². The van der Waals surface area contributed by atoms with Gasteiger partial charge in [0.05, 0.1) is 5.69 Å². The fourth-order valence-electron chi connectivity index (χ4n) is 1.29. The molecule has 0 spiro atoms. The van der Waals surface area contributed by atoms with Crippen LogP contribution in [-0.4, -0.2) is 14.6 Å². The molecule has 2 heterocycles. The number of fused-ring (bicyclic) bond motifs is 1. The molecule has 78 valence electrons. The van der Waals surface area contributed by atoms with E-state index in [1.54, 1.807) is 12.1 Å². The standard InChI is InChI=1S/C10H10ClN3O/c1-6(2)7-5-10(15)14-9(12-7)4-3-8(11)13-14/h3-6H,1-2H3. The SMILES string of the molecule is CC(C)c1cc(=O)n2nc(Cl)ccc2n1. The Morgan fingerprint density at radius 2 is 2.13 bits per heavy atom. The van der Waals surface area contributed by atoms with Crippen LogP contribution in [0.5, 0.6) is 0 Å². The predicted octanol–water partition coefficient (Wildman–Crippen LogP) is 1.87. The van der Waals surface area contributed by atoms with Crippen molar-refractivity contribution in [3.63, 3.8) is 0 Å². The van der Waals surface area contributed by atoms with E-state index in [0.29, 0.717) is 5.65 Å². The Balaban J connectivity index is 2.79. The molecule has 0 amide bonds. The number of hydrogen-bond acceptors (Lipinski definition) is 3. The summed E-state index contributed by atoms with van der Waals surface area (Å²) in [5, 5.41) is 4.16. The maximum atomic E-state index is 11.7. The van der Waals surface area contributed by atoms with Crippen molar-refractivity contribution in [2.75, 3.05) is 0 Å². The summed E-state index contributed by atoms with van der Waals surface area (Å²) in [5.74, 6) is 0.221. The minimum Gasteiger partial charge on any atom is -0.267 e. The van der Waals surface area contributed by atoms with Crippen LogP contribution in [0, 0.1) is 0 Å². The van der Waals surface area contributed by atoms with Crippen LogP contribution >= 0.6 is 11.6 Å². The van der Waals surface area contributed by atoms with Gasteiger partial charge in [0.2, 0.25) is 0 Å². The molecular formula is C10H10ClN3O. The number of halogens is 1. The Bertz CT molecular complexity index is 562. The largest absolute Gasteiger partial charge is 0.274 e. The smallest absolute Gasteiger partial charge is 0.267 e. The van der Waals surface area contributed by atoms with Crippen LogP contribution in [0.1, 0.15) is 25.5 Å². The first kappa shape index (κ1) is 10.1. The fourth-order valence-corrected chi connectivity index (χ4v) is 1.43. The second-order valence-corrected chi connectivity index (χ2v) is 3.99. The lowest BCUT2D eigenvalue weighted by Gasteiger charge is -2.05. The maximum absolute atomic E-state index is 11.7. The van der Waals surface area contributed by atoms with Gasteiger partial charge in [-0.1, -0.05) is 25.4 Å². The zero-order valence-electron chi connectivity index (χ0n) is 8.44. The molecule has 0 saturated carbocycles. The lowest BCUT2D eigenvalue weighted by molar-refractivity contribution is 0.786. The van der Waals surface area contributed by atoms with Crippen LogP contribution in [0.4, 0.5) is 0 Å².